The lowest BCUT2D eigenvalue weighted by Gasteiger charge is -2.41. The van der Waals surface area contributed by atoms with Crippen LogP contribution in [0.25, 0.3) is 0 Å². The largest absolute Gasteiger partial charge is 0.458 e. The van der Waals surface area contributed by atoms with Crippen molar-refractivity contribution in [2.45, 2.75) is 146 Å². The molecule has 4 rings (SSSR count). The molecule has 2 heterocycles. The highest BCUT2D eigenvalue weighted by molar-refractivity contribution is 6.13. The van der Waals surface area contributed by atoms with Gasteiger partial charge in [0.15, 0.2) is 11.3 Å². The van der Waals surface area contributed by atoms with Crippen LogP contribution in [0.15, 0.2) is 42.9 Å². The van der Waals surface area contributed by atoms with Gasteiger partial charge in [-0.3, -0.25) is 19.2 Å². The van der Waals surface area contributed by atoms with Gasteiger partial charge in [-0.05, 0) is 83.4 Å². The summed E-state index contributed by atoms with van der Waals surface area (Å²) in [5, 5.41) is 13.9. The molecule has 1 aliphatic heterocycles. The number of imidazole rings is 1. The first-order valence-corrected chi connectivity index (χ1v) is 21.5. The molecular weight excluding hydrogens is 785 g/mol. The van der Waals surface area contributed by atoms with E-state index in [4.69, 9.17) is 33.4 Å². The second-order valence-corrected chi connectivity index (χ2v) is 17.7. The average molecular weight is 853 g/mol. The van der Waals surface area contributed by atoms with Gasteiger partial charge in [0.25, 0.3) is 11.8 Å². The summed E-state index contributed by atoms with van der Waals surface area (Å²) in [4.78, 5) is 94.5. The van der Waals surface area contributed by atoms with E-state index in [1.54, 1.807) is 51.1 Å². The number of amides is 5. The molecule has 1 aliphatic carbocycles. The van der Waals surface area contributed by atoms with Crippen molar-refractivity contribution in [1.29, 1.82) is 0 Å². The molecule has 2 unspecified atom stereocenters. The predicted molar refractivity (Wildman–Crippen MR) is 228 cm³/mol. The fourth-order valence-electron chi connectivity index (χ4n) is 8.11. The van der Waals surface area contributed by atoms with Gasteiger partial charge in [-0.1, -0.05) is 62.4 Å². The number of hydrogen-bond acceptors (Lipinski definition) is 14. The summed E-state index contributed by atoms with van der Waals surface area (Å²) in [6.45, 7) is 5.17. The van der Waals surface area contributed by atoms with Gasteiger partial charge in [0.2, 0.25) is 5.91 Å². The van der Waals surface area contributed by atoms with Crippen LogP contribution in [0.4, 0.5) is 4.79 Å². The first kappa shape index (κ1) is 49.1. The number of imide groups is 3. The monoisotopic (exact) mass is 853 g/mol. The molecule has 2 aromatic rings. The van der Waals surface area contributed by atoms with Crippen LogP contribution in [0.2, 0.25) is 0 Å². The zero-order chi connectivity index (χ0) is 44.9. The van der Waals surface area contributed by atoms with Crippen molar-refractivity contribution in [2.24, 2.45) is 40.5 Å². The number of ketones is 1. The second-order valence-electron chi connectivity index (χ2n) is 17.7. The lowest BCUT2D eigenvalue weighted by Crippen LogP contribution is -2.66. The normalized spacial score (nSPS) is 20.4. The number of aliphatic hydroxyl groups excluding tert-OH is 1. The molecule has 338 valence electrons. The third-order valence-electron chi connectivity index (χ3n) is 11.6. The van der Waals surface area contributed by atoms with Gasteiger partial charge in [-0.2, -0.15) is 4.90 Å². The van der Waals surface area contributed by atoms with Crippen LogP contribution in [0.3, 0.4) is 0 Å². The number of urea groups is 1. The van der Waals surface area contributed by atoms with Crippen LogP contribution in [0, 0.1) is 11.8 Å². The van der Waals surface area contributed by atoms with Crippen LogP contribution in [-0.2, 0) is 41.6 Å². The van der Waals surface area contributed by atoms with E-state index < -0.39 is 83.3 Å². The fourth-order valence-corrected chi connectivity index (χ4v) is 8.11. The summed E-state index contributed by atoms with van der Waals surface area (Å²) < 4.78 is 5.63. The van der Waals surface area contributed by atoms with Gasteiger partial charge in [0.05, 0.1) is 37.0 Å². The number of carbonyl (C=O) groups excluding carboxylic acids is 6. The molecule has 61 heavy (non-hydrogen) atoms. The van der Waals surface area contributed by atoms with E-state index in [0.717, 1.165) is 37.0 Å². The summed E-state index contributed by atoms with van der Waals surface area (Å²) in [6.07, 6.45) is 6.78. The number of rotatable bonds is 19. The van der Waals surface area contributed by atoms with Crippen LogP contribution in [0.5, 0.6) is 0 Å². The number of likely N-dealkylation sites (tertiary alicyclic amines) is 1. The number of nitrogens with one attached hydrogen (secondary N) is 2. The Morgan fingerprint density at radius 2 is 1.70 bits per heavy atom. The van der Waals surface area contributed by atoms with Crippen molar-refractivity contribution in [2.75, 3.05) is 19.6 Å². The number of H-pyrrole nitrogens is 1. The minimum atomic E-state index is -2.31. The van der Waals surface area contributed by atoms with Gasteiger partial charge >= 0.3 is 12.0 Å². The molecule has 13 N–H and O–H groups in total. The van der Waals surface area contributed by atoms with E-state index in [1.165, 1.54) is 12.5 Å². The summed E-state index contributed by atoms with van der Waals surface area (Å²) in [6, 6.07) is 2.67. The zero-order valence-electron chi connectivity index (χ0n) is 35.9. The van der Waals surface area contributed by atoms with Gasteiger partial charge in [0.1, 0.15) is 5.60 Å². The van der Waals surface area contributed by atoms with Crippen LogP contribution >= 0.6 is 0 Å². The van der Waals surface area contributed by atoms with Crippen molar-refractivity contribution in [1.82, 2.24) is 25.1 Å². The number of carbonyl (C=O) groups is 6. The number of nitrogens with two attached hydrogens (primary N) is 5. The first-order valence-electron chi connectivity index (χ1n) is 21.5. The number of aromatic nitrogens is 2. The second kappa shape index (κ2) is 22.5. The number of piperidine rings is 1. The zero-order valence-corrected chi connectivity index (χ0v) is 35.9. The number of hydrogen-bond donors (Lipinski definition) is 8. The lowest BCUT2D eigenvalue weighted by atomic mass is 9.83. The molecule has 0 bridgehead atoms. The Balaban J connectivity index is 1.69. The molecule has 18 heteroatoms. The summed E-state index contributed by atoms with van der Waals surface area (Å²) in [7, 11) is 0. The lowest BCUT2D eigenvalue weighted by molar-refractivity contribution is -0.165. The minimum absolute atomic E-state index is 0.0185. The number of benzene rings is 1. The van der Waals surface area contributed by atoms with Crippen molar-refractivity contribution in [3.05, 3.63) is 54.1 Å². The summed E-state index contributed by atoms with van der Waals surface area (Å²) >= 11 is 0. The number of aliphatic hydroxyl groups is 1. The highest BCUT2D eigenvalue weighted by Crippen LogP contribution is 2.29. The van der Waals surface area contributed by atoms with E-state index in [2.05, 4.69) is 15.3 Å². The SMILES string of the molecule is CC(C)(C)OC(=O)[C@](N)(Cc1ccccc1)C(=O)N[C@@H](Cc1cnc[nH]1)C(=O)C1C[C@@H](CN)CCN1C(=O)N(C(=O)C[C@H](O)C(N)CC1CCCCC1)C(=O)[C@@H](N)CCCN. The van der Waals surface area contributed by atoms with Gasteiger partial charge in [-0.25, -0.2) is 14.6 Å². The average Bonchev–Trinajstić information content (AvgIpc) is 3.75. The molecule has 1 aromatic heterocycles. The van der Waals surface area contributed by atoms with Crippen molar-refractivity contribution >= 4 is 35.5 Å². The molecule has 0 spiro atoms. The first-order chi connectivity index (χ1) is 28.9. The van der Waals surface area contributed by atoms with Crippen LogP contribution in [-0.4, -0.2) is 121 Å². The molecule has 0 radical (unpaired) electrons. The Kier molecular flexibility index (Phi) is 18.1. The standard InChI is InChI=1S/C43H68N10O8/c1-42(2,3)61-40(59)43(48,23-28-13-8-5-9-14-28)39(58)51-33(21-30-25-49-26-50-30)37(56)34-20-29(24-45)16-18-52(34)41(60)53(38(57)31(46)15-10-17-44)36(55)22-35(54)32(47)19-27-11-6-4-7-12-27/h5,8-9,13-14,25-27,29,31-35,54H,4,6-7,10-12,15-24,44-48H2,1-3H3,(H,49,50)(H,51,58)/t29-,31-,32?,33-,34?,35-,43-/m0/s1. The minimum Gasteiger partial charge on any atom is -0.458 e. The molecule has 2 fully saturated rings. The highest BCUT2D eigenvalue weighted by Gasteiger charge is 2.49. The maximum absolute atomic E-state index is 15.0. The fraction of sp³-hybridized carbons (Fsp3) is 0.651. The number of esters is 1. The molecule has 18 nitrogen and oxygen atoms in total. The molecule has 1 aromatic carbocycles. The van der Waals surface area contributed by atoms with Crippen LogP contribution < -0.4 is 34.0 Å². The number of ether oxygens (including phenoxy) is 1. The Morgan fingerprint density at radius 1 is 1.02 bits per heavy atom. The van der Waals surface area contributed by atoms with Gasteiger partial charge in [-0.15, -0.1) is 0 Å². The van der Waals surface area contributed by atoms with E-state index in [0.29, 0.717) is 35.4 Å². The smallest absolute Gasteiger partial charge is 0.336 e. The quantitative estimate of drug-likeness (QED) is 0.0720. The van der Waals surface area contributed by atoms with Crippen molar-refractivity contribution in [3.63, 3.8) is 0 Å². The van der Waals surface area contributed by atoms with Crippen LogP contribution in [0.1, 0.15) is 103 Å². The Hall–Kier alpha value is -4.59. The van der Waals surface area contributed by atoms with Crippen molar-refractivity contribution < 1.29 is 38.6 Å². The third kappa shape index (κ3) is 13.7. The number of aromatic amines is 1. The maximum atomic E-state index is 15.0. The Bertz CT molecular complexity index is 1770. The van der Waals surface area contributed by atoms with Crippen molar-refractivity contribution in [3.8, 4) is 0 Å². The number of Topliss-reactive ketones (excluding diaryl/α,β-unsaturated/α-hetero) is 1. The molecule has 1 saturated carbocycles. The molecule has 2 aliphatic rings. The van der Waals surface area contributed by atoms with E-state index in [-0.39, 0.29) is 57.2 Å². The molecular formula is C43H68N10O8. The highest BCUT2D eigenvalue weighted by atomic mass is 16.6. The number of nitrogens with zero attached hydrogens (tertiary/aromatic N) is 3. The van der Waals surface area contributed by atoms with E-state index in [9.17, 15) is 33.9 Å². The molecule has 7 atom stereocenters. The maximum Gasteiger partial charge on any atom is 0.336 e. The molecule has 5 amide bonds. The van der Waals surface area contributed by atoms with E-state index >= 15 is 0 Å². The Morgan fingerprint density at radius 3 is 2.31 bits per heavy atom. The van der Waals surface area contributed by atoms with E-state index in [1.807, 2.05) is 0 Å². The Labute approximate surface area is 358 Å². The summed E-state index contributed by atoms with van der Waals surface area (Å²) in [5.41, 5.74) is 28.8. The predicted octanol–water partition coefficient (Wildman–Crippen LogP) is 0.917. The van der Waals surface area contributed by atoms with Gasteiger partial charge in [0, 0.05) is 37.3 Å². The molecule has 1 saturated heterocycles. The third-order valence-corrected chi connectivity index (χ3v) is 11.6. The van der Waals surface area contributed by atoms with Gasteiger partial charge < -0.3 is 53.7 Å². The summed E-state index contributed by atoms with van der Waals surface area (Å²) in [5.74, 6) is -4.73. The topological polar surface area (TPSA) is 309 Å².